The molecule has 0 bridgehead atoms. The molecule has 0 spiro atoms. The molecule has 88 valence electrons. The van der Waals surface area contributed by atoms with E-state index in [0.29, 0.717) is 12.0 Å². The van der Waals surface area contributed by atoms with Gasteiger partial charge in [0.15, 0.2) is 0 Å². The minimum Gasteiger partial charge on any atom is -0.314 e. The number of hydrogen-bond donors (Lipinski definition) is 1. The molecule has 1 aliphatic rings. The molecule has 2 rings (SSSR count). The Kier molecular flexibility index (Phi) is 4.56. The molecule has 1 heterocycles. The van der Waals surface area contributed by atoms with Crippen LogP contribution in [0.15, 0.2) is 29.2 Å². The van der Waals surface area contributed by atoms with Crippen molar-refractivity contribution in [2.45, 2.75) is 30.2 Å². The highest BCUT2D eigenvalue weighted by molar-refractivity contribution is 7.99. The Morgan fingerprint density at radius 3 is 3.12 bits per heavy atom. The number of nitrogens with one attached hydrogen (secondary N) is 1. The number of halogens is 1. The molecule has 0 aromatic heterocycles. The van der Waals surface area contributed by atoms with Gasteiger partial charge in [-0.3, -0.25) is 0 Å². The average Bonchev–Trinajstić information content (AvgIpc) is 2.70. The number of fused-ring (bicyclic) bond motifs is 1. The zero-order chi connectivity index (χ0) is 11.4. The minimum absolute atomic E-state index is 0.523. The molecule has 2 unspecified atom stereocenters. The van der Waals surface area contributed by atoms with Crippen LogP contribution >= 0.6 is 23.4 Å². The minimum atomic E-state index is 0.523. The molecule has 1 N–H and O–H groups in total. The Morgan fingerprint density at radius 1 is 1.50 bits per heavy atom. The lowest BCUT2D eigenvalue weighted by atomic mass is 10.0. The van der Waals surface area contributed by atoms with Gasteiger partial charge in [-0.2, -0.15) is 0 Å². The highest BCUT2D eigenvalue weighted by atomic mass is 35.5. The molecule has 0 aliphatic carbocycles. The fourth-order valence-corrected chi connectivity index (χ4v) is 3.59. The fraction of sp³-hybridized carbons (Fsp3) is 0.538. The van der Waals surface area contributed by atoms with E-state index in [0.717, 1.165) is 18.8 Å². The smallest absolute Gasteiger partial charge is 0.0238 e. The third-order valence-corrected chi connectivity index (χ3v) is 4.52. The van der Waals surface area contributed by atoms with E-state index in [1.807, 2.05) is 11.8 Å². The summed E-state index contributed by atoms with van der Waals surface area (Å²) in [5, 5.41) is 3.57. The molecule has 1 aromatic carbocycles. The van der Waals surface area contributed by atoms with Gasteiger partial charge in [-0.25, -0.2) is 0 Å². The second kappa shape index (κ2) is 5.95. The summed E-state index contributed by atoms with van der Waals surface area (Å²) in [5.74, 6) is 2.61. The summed E-state index contributed by atoms with van der Waals surface area (Å²) in [6, 6.07) is 9.27. The van der Waals surface area contributed by atoms with Crippen LogP contribution in [0.5, 0.6) is 0 Å². The molecule has 0 fully saturated rings. The van der Waals surface area contributed by atoms with E-state index in [9.17, 15) is 0 Å². The fourth-order valence-electron chi connectivity index (χ4n) is 2.01. The first-order valence-corrected chi connectivity index (χ1v) is 7.34. The van der Waals surface area contributed by atoms with Crippen LogP contribution in [0.2, 0.25) is 0 Å². The van der Waals surface area contributed by atoms with Gasteiger partial charge in [0.05, 0.1) is 0 Å². The van der Waals surface area contributed by atoms with E-state index < -0.39 is 0 Å². The highest BCUT2D eigenvalue weighted by Gasteiger charge is 2.22. The Labute approximate surface area is 107 Å². The lowest BCUT2D eigenvalue weighted by Crippen LogP contribution is -2.30. The summed E-state index contributed by atoms with van der Waals surface area (Å²) in [4.78, 5) is 1.46. The summed E-state index contributed by atoms with van der Waals surface area (Å²) in [5.41, 5.74) is 1.51. The van der Waals surface area contributed by atoms with E-state index >= 15 is 0 Å². The van der Waals surface area contributed by atoms with Crippen molar-refractivity contribution in [1.82, 2.24) is 5.32 Å². The van der Waals surface area contributed by atoms with E-state index in [-0.39, 0.29) is 0 Å². The van der Waals surface area contributed by atoms with E-state index in [4.69, 9.17) is 11.6 Å². The van der Waals surface area contributed by atoms with Gasteiger partial charge in [0.1, 0.15) is 0 Å². The van der Waals surface area contributed by atoms with Crippen LogP contribution in [0, 0.1) is 0 Å². The molecule has 0 amide bonds. The number of thioether (sulfide) groups is 1. The third kappa shape index (κ3) is 2.93. The van der Waals surface area contributed by atoms with Crippen molar-refractivity contribution < 1.29 is 0 Å². The molecule has 16 heavy (non-hydrogen) atoms. The van der Waals surface area contributed by atoms with Crippen LogP contribution in [-0.2, 0) is 0 Å². The maximum atomic E-state index is 5.73. The van der Waals surface area contributed by atoms with Gasteiger partial charge in [-0.15, -0.1) is 23.4 Å². The van der Waals surface area contributed by atoms with Crippen LogP contribution < -0.4 is 5.32 Å². The van der Waals surface area contributed by atoms with Crippen molar-refractivity contribution in [3.8, 4) is 0 Å². The predicted molar refractivity (Wildman–Crippen MR) is 72.7 cm³/mol. The van der Waals surface area contributed by atoms with Crippen LogP contribution in [0.4, 0.5) is 0 Å². The molecule has 0 saturated heterocycles. The maximum absolute atomic E-state index is 5.73. The first-order valence-electron chi connectivity index (χ1n) is 5.82. The number of alkyl halides is 1. The van der Waals surface area contributed by atoms with E-state index in [1.165, 1.54) is 16.2 Å². The first-order chi connectivity index (χ1) is 7.81. The monoisotopic (exact) mass is 255 g/mol. The summed E-state index contributed by atoms with van der Waals surface area (Å²) < 4.78 is 0. The second-order valence-electron chi connectivity index (χ2n) is 4.33. The van der Waals surface area contributed by atoms with Gasteiger partial charge in [0, 0.05) is 35.0 Å². The molecule has 0 saturated carbocycles. The zero-order valence-electron chi connectivity index (χ0n) is 9.58. The molecular formula is C13H18ClNS. The Balaban J connectivity index is 1.88. The topological polar surface area (TPSA) is 12.0 Å². The Bertz CT molecular complexity index is 342. The average molecular weight is 256 g/mol. The van der Waals surface area contributed by atoms with Crippen molar-refractivity contribution in [2.24, 2.45) is 0 Å². The third-order valence-electron chi connectivity index (χ3n) is 3.05. The lowest BCUT2D eigenvalue weighted by Gasteiger charge is -2.16. The number of benzene rings is 1. The van der Waals surface area contributed by atoms with E-state index in [1.54, 1.807) is 0 Å². The van der Waals surface area contributed by atoms with Crippen LogP contribution in [-0.4, -0.2) is 24.2 Å². The Hall–Kier alpha value is -0.180. The molecule has 1 nitrogen and oxygen atoms in total. The maximum Gasteiger partial charge on any atom is 0.0238 e. The van der Waals surface area contributed by atoms with Crippen molar-refractivity contribution in [3.05, 3.63) is 29.8 Å². The highest BCUT2D eigenvalue weighted by Crippen LogP contribution is 2.38. The normalized spacial score (nSPS) is 20.8. The molecule has 2 atom stereocenters. The van der Waals surface area contributed by atoms with Gasteiger partial charge in [0.25, 0.3) is 0 Å². The van der Waals surface area contributed by atoms with Crippen molar-refractivity contribution >= 4 is 23.4 Å². The Morgan fingerprint density at radius 2 is 2.31 bits per heavy atom. The summed E-state index contributed by atoms with van der Waals surface area (Å²) in [6.45, 7) is 3.28. The molecule has 1 aromatic rings. The second-order valence-corrected chi connectivity index (χ2v) is 5.77. The van der Waals surface area contributed by atoms with Crippen molar-refractivity contribution in [1.29, 1.82) is 0 Å². The molecular weight excluding hydrogens is 238 g/mol. The lowest BCUT2D eigenvalue weighted by molar-refractivity contribution is 0.512. The van der Waals surface area contributed by atoms with Gasteiger partial charge in [0.2, 0.25) is 0 Å². The first kappa shape index (κ1) is 12.3. The number of rotatable bonds is 5. The van der Waals surface area contributed by atoms with Gasteiger partial charge in [-0.05, 0) is 25.0 Å². The molecule has 3 heteroatoms. The SMILES string of the molecule is CC(CCCl)NCC1CSc2ccccc21. The van der Waals surface area contributed by atoms with Crippen LogP contribution in [0.25, 0.3) is 0 Å². The molecule has 1 aliphatic heterocycles. The van der Waals surface area contributed by atoms with Crippen LogP contribution in [0.3, 0.4) is 0 Å². The van der Waals surface area contributed by atoms with Gasteiger partial charge in [-0.1, -0.05) is 18.2 Å². The quantitative estimate of drug-likeness (QED) is 0.809. The summed E-state index contributed by atoms with van der Waals surface area (Å²) in [7, 11) is 0. The van der Waals surface area contributed by atoms with Gasteiger partial charge < -0.3 is 5.32 Å². The zero-order valence-corrected chi connectivity index (χ0v) is 11.2. The molecule has 0 radical (unpaired) electrons. The van der Waals surface area contributed by atoms with Crippen molar-refractivity contribution in [3.63, 3.8) is 0 Å². The standard InChI is InChI=1S/C13H18ClNS/c1-10(6-7-14)15-8-11-9-16-13-5-3-2-4-12(11)13/h2-5,10-11,15H,6-9H2,1H3. The largest absolute Gasteiger partial charge is 0.314 e. The summed E-state index contributed by atoms with van der Waals surface area (Å²) in [6.07, 6.45) is 1.04. The van der Waals surface area contributed by atoms with Gasteiger partial charge >= 0.3 is 0 Å². The van der Waals surface area contributed by atoms with Crippen LogP contribution in [0.1, 0.15) is 24.8 Å². The predicted octanol–water partition coefficient (Wildman–Crippen LogP) is 3.48. The summed E-state index contributed by atoms with van der Waals surface area (Å²) >= 11 is 7.70. The van der Waals surface area contributed by atoms with E-state index in [2.05, 4.69) is 36.5 Å². The number of hydrogen-bond acceptors (Lipinski definition) is 2. The van der Waals surface area contributed by atoms with Crippen molar-refractivity contribution in [2.75, 3.05) is 18.2 Å².